The third-order valence-electron chi connectivity index (χ3n) is 3.03. The van der Waals surface area contributed by atoms with Gasteiger partial charge in [0.05, 0.1) is 10.6 Å². The molecule has 0 aliphatic heterocycles. The molecule has 0 saturated heterocycles. The van der Waals surface area contributed by atoms with Crippen LogP contribution >= 0.6 is 11.6 Å². The minimum atomic E-state index is -4.75. The lowest BCUT2D eigenvalue weighted by Gasteiger charge is -2.12. The predicted octanol–water partition coefficient (Wildman–Crippen LogP) is 3.73. The number of nitrogens with zero attached hydrogens (tertiary/aromatic N) is 1. The monoisotopic (exact) mass is 334 g/mol. The summed E-state index contributed by atoms with van der Waals surface area (Å²) in [5.41, 5.74) is -2.33. The van der Waals surface area contributed by atoms with E-state index in [0.29, 0.717) is 0 Å². The van der Waals surface area contributed by atoms with Gasteiger partial charge in [-0.05, 0) is 17.7 Å². The molecule has 0 unspecified atom stereocenters. The maximum absolute atomic E-state index is 13.1. The lowest BCUT2D eigenvalue weighted by Crippen LogP contribution is -2.25. The smallest absolute Gasteiger partial charge is 0.310 e. The molecule has 8 heteroatoms. The first-order valence-corrected chi connectivity index (χ1v) is 6.73. The Morgan fingerprint density at radius 1 is 1.32 bits per heavy atom. The summed E-state index contributed by atoms with van der Waals surface area (Å²) >= 11 is 5.60. The maximum atomic E-state index is 13.1. The zero-order valence-corrected chi connectivity index (χ0v) is 12.1. The third kappa shape index (κ3) is 3.47. The number of aryl methyl sites for hydroxylation is 1. The molecule has 0 spiro atoms. The molecule has 0 amide bonds. The highest BCUT2D eigenvalue weighted by Crippen LogP contribution is 2.30. The van der Waals surface area contributed by atoms with Gasteiger partial charge in [-0.2, -0.15) is 13.2 Å². The number of alkyl halides is 3. The first-order chi connectivity index (χ1) is 10.2. The molecule has 0 atom stereocenters. The van der Waals surface area contributed by atoms with E-state index < -0.39 is 28.8 Å². The number of aromatic nitrogens is 2. The summed E-state index contributed by atoms with van der Waals surface area (Å²) in [7, 11) is 0. The van der Waals surface area contributed by atoms with E-state index in [4.69, 9.17) is 11.6 Å². The van der Waals surface area contributed by atoms with E-state index >= 15 is 0 Å². The van der Waals surface area contributed by atoms with E-state index in [0.717, 1.165) is 6.07 Å². The maximum Gasteiger partial charge on any atom is 0.433 e. The van der Waals surface area contributed by atoms with Crippen LogP contribution in [0.15, 0.2) is 23.0 Å². The van der Waals surface area contributed by atoms with Crippen LogP contribution in [0.2, 0.25) is 5.02 Å². The first kappa shape index (κ1) is 16.5. The quantitative estimate of drug-likeness (QED) is 0.869. The molecule has 0 bridgehead atoms. The Hall–Kier alpha value is -1.89. The Bertz CT molecular complexity index is 755. The third-order valence-corrected chi connectivity index (χ3v) is 3.32. The summed E-state index contributed by atoms with van der Waals surface area (Å²) in [6.45, 7) is 1.58. The Labute approximate surface area is 128 Å². The summed E-state index contributed by atoms with van der Waals surface area (Å²) in [5.74, 6) is -0.729. The number of halogens is 5. The summed E-state index contributed by atoms with van der Waals surface area (Å²) in [6.07, 6.45) is -4.93. The van der Waals surface area contributed by atoms with Crippen molar-refractivity contribution in [3.8, 4) is 0 Å². The standard InChI is InChI=1S/C14H11ClF4N2O/c1-2-11-20-12(14(17,18)19)8(13(22)21-11)5-7-3-4-10(16)9(15)6-7/h3-4,6H,2,5H2,1H3,(H,20,21,22). The van der Waals surface area contributed by atoms with Crippen LogP contribution in [0, 0.1) is 5.82 Å². The zero-order chi connectivity index (χ0) is 16.5. The van der Waals surface area contributed by atoms with Crippen molar-refractivity contribution in [2.75, 3.05) is 0 Å². The van der Waals surface area contributed by atoms with Crippen molar-refractivity contribution in [2.45, 2.75) is 25.9 Å². The minimum absolute atomic E-state index is 0.0433. The fraction of sp³-hybridized carbons (Fsp3) is 0.286. The SMILES string of the molecule is CCc1nc(C(F)(F)F)c(Cc2ccc(F)c(Cl)c2)c(=O)[nH]1. The molecule has 0 fully saturated rings. The molecular formula is C14H11ClF4N2O. The Morgan fingerprint density at radius 3 is 2.55 bits per heavy atom. The number of benzene rings is 1. The van der Waals surface area contributed by atoms with E-state index in [1.807, 2.05) is 0 Å². The molecule has 1 heterocycles. The van der Waals surface area contributed by atoms with Crippen molar-refractivity contribution in [3.05, 3.63) is 62.0 Å². The van der Waals surface area contributed by atoms with Gasteiger partial charge in [-0.25, -0.2) is 9.37 Å². The van der Waals surface area contributed by atoms with Gasteiger partial charge in [-0.15, -0.1) is 0 Å². The van der Waals surface area contributed by atoms with Gasteiger partial charge in [0, 0.05) is 12.8 Å². The van der Waals surface area contributed by atoms with E-state index in [2.05, 4.69) is 9.97 Å². The molecule has 1 aromatic heterocycles. The highest BCUT2D eigenvalue weighted by atomic mass is 35.5. The van der Waals surface area contributed by atoms with Gasteiger partial charge in [0.2, 0.25) is 0 Å². The molecule has 1 aromatic carbocycles. The van der Waals surface area contributed by atoms with Gasteiger partial charge < -0.3 is 4.98 Å². The average molecular weight is 335 g/mol. The fourth-order valence-corrected chi connectivity index (χ4v) is 2.17. The molecule has 2 rings (SSSR count). The van der Waals surface area contributed by atoms with Crippen molar-refractivity contribution in [3.63, 3.8) is 0 Å². The van der Waals surface area contributed by atoms with Gasteiger partial charge in [-0.1, -0.05) is 24.6 Å². The van der Waals surface area contributed by atoms with Crippen LogP contribution < -0.4 is 5.56 Å². The highest BCUT2D eigenvalue weighted by molar-refractivity contribution is 6.30. The van der Waals surface area contributed by atoms with Crippen molar-refractivity contribution < 1.29 is 17.6 Å². The lowest BCUT2D eigenvalue weighted by atomic mass is 10.0. The van der Waals surface area contributed by atoms with Crippen molar-refractivity contribution in [2.24, 2.45) is 0 Å². The van der Waals surface area contributed by atoms with E-state index in [9.17, 15) is 22.4 Å². The molecule has 0 aliphatic rings. The fourth-order valence-electron chi connectivity index (χ4n) is 1.96. The predicted molar refractivity (Wildman–Crippen MR) is 73.5 cm³/mol. The number of nitrogens with one attached hydrogen (secondary N) is 1. The van der Waals surface area contributed by atoms with E-state index in [-0.39, 0.29) is 29.3 Å². The van der Waals surface area contributed by atoms with Gasteiger partial charge in [0.1, 0.15) is 11.6 Å². The largest absolute Gasteiger partial charge is 0.433 e. The molecule has 22 heavy (non-hydrogen) atoms. The molecule has 0 saturated carbocycles. The number of rotatable bonds is 3. The topological polar surface area (TPSA) is 45.8 Å². The zero-order valence-electron chi connectivity index (χ0n) is 11.4. The molecule has 0 radical (unpaired) electrons. The van der Waals surface area contributed by atoms with Gasteiger partial charge in [-0.3, -0.25) is 4.79 Å². The molecule has 118 valence electrons. The highest BCUT2D eigenvalue weighted by Gasteiger charge is 2.37. The number of aromatic amines is 1. The Morgan fingerprint density at radius 2 is 2.00 bits per heavy atom. The van der Waals surface area contributed by atoms with Crippen molar-refractivity contribution in [1.29, 1.82) is 0 Å². The number of hydrogen-bond acceptors (Lipinski definition) is 2. The van der Waals surface area contributed by atoms with Crippen LogP contribution in [0.1, 0.15) is 29.6 Å². The van der Waals surface area contributed by atoms with Crippen molar-refractivity contribution >= 4 is 11.6 Å². The molecule has 0 aliphatic carbocycles. The second kappa shape index (κ2) is 6.08. The summed E-state index contributed by atoms with van der Waals surface area (Å²) in [4.78, 5) is 17.7. The summed E-state index contributed by atoms with van der Waals surface area (Å²) in [6, 6.07) is 3.49. The van der Waals surface area contributed by atoms with Crippen LogP contribution in [0.4, 0.5) is 17.6 Å². The summed E-state index contributed by atoms with van der Waals surface area (Å²) in [5, 5.41) is -0.222. The Balaban J connectivity index is 2.54. The van der Waals surface area contributed by atoms with Crippen LogP contribution in [0.3, 0.4) is 0 Å². The lowest BCUT2D eigenvalue weighted by molar-refractivity contribution is -0.142. The molecular weight excluding hydrogens is 324 g/mol. The Kier molecular flexibility index (Phi) is 4.55. The minimum Gasteiger partial charge on any atom is -0.310 e. The normalized spacial score (nSPS) is 11.7. The van der Waals surface area contributed by atoms with Crippen LogP contribution in [0.5, 0.6) is 0 Å². The van der Waals surface area contributed by atoms with Crippen molar-refractivity contribution in [1.82, 2.24) is 9.97 Å². The number of hydrogen-bond donors (Lipinski definition) is 1. The van der Waals surface area contributed by atoms with Crippen LogP contribution in [-0.2, 0) is 19.0 Å². The van der Waals surface area contributed by atoms with Gasteiger partial charge in [0.25, 0.3) is 5.56 Å². The molecule has 2 aromatic rings. The van der Waals surface area contributed by atoms with Crippen LogP contribution in [-0.4, -0.2) is 9.97 Å². The van der Waals surface area contributed by atoms with Gasteiger partial charge in [0.15, 0.2) is 5.69 Å². The number of H-pyrrole nitrogens is 1. The van der Waals surface area contributed by atoms with E-state index in [1.54, 1.807) is 6.92 Å². The molecule has 3 nitrogen and oxygen atoms in total. The summed E-state index contributed by atoms with van der Waals surface area (Å²) < 4.78 is 52.4. The molecule has 1 N–H and O–H groups in total. The second-order valence-corrected chi connectivity index (χ2v) is 5.02. The van der Waals surface area contributed by atoms with E-state index in [1.165, 1.54) is 12.1 Å². The average Bonchev–Trinajstić information content (AvgIpc) is 2.43. The first-order valence-electron chi connectivity index (χ1n) is 6.35. The van der Waals surface area contributed by atoms with Gasteiger partial charge >= 0.3 is 6.18 Å². The van der Waals surface area contributed by atoms with Crippen LogP contribution in [0.25, 0.3) is 0 Å². The second-order valence-electron chi connectivity index (χ2n) is 4.62.